The van der Waals surface area contributed by atoms with E-state index in [1.807, 2.05) is 49.4 Å². The molecule has 0 fully saturated rings. The Kier molecular flexibility index (Phi) is 6.64. The van der Waals surface area contributed by atoms with Gasteiger partial charge in [-0.05, 0) is 48.4 Å². The van der Waals surface area contributed by atoms with Gasteiger partial charge in [0.2, 0.25) is 0 Å². The molecule has 9 heteroatoms. The molecule has 1 aliphatic rings. The van der Waals surface area contributed by atoms with E-state index in [2.05, 4.69) is 29.9 Å². The Morgan fingerprint density at radius 2 is 1.84 bits per heavy atom. The number of aryl methyl sites for hydroxylation is 1. The number of carbonyl (C=O) groups is 1. The predicted molar refractivity (Wildman–Crippen MR) is 148 cm³/mol. The van der Waals surface area contributed by atoms with Crippen molar-refractivity contribution in [3.63, 3.8) is 0 Å². The average Bonchev–Trinajstić information content (AvgIpc) is 3.44. The number of fused-ring (bicyclic) bond motifs is 1. The maximum absolute atomic E-state index is 14.1. The maximum Gasteiger partial charge on any atom is 0.279 e. The summed E-state index contributed by atoms with van der Waals surface area (Å²) in [6.07, 6.45) is 1.71. The lowest BCUT2D eigenvalue weighted by molar-refractivity contribution is 0.0979. The number of nitrogens with one attached hydrogen (secondary N) is 1. The van der Waals surface area contributed by atoms with Gasteiger partial charge in [-0.25, -0.2) is 4.98 Å². The number of aromatic nitrogens is 3. The van der Waals surface area contributed by atoms with Gasteiger partial charge in [0.25, 0.3) is 5.91 Å². The molecule has 0 radical (unpaired) electrons. The Balaban J connectivity index is 1.71. The van der Waals surface area contributed by atoms with Gasteiger partial charge >= 0.3 is 0 Å². The first-order valence-electron chi connectivity index (χ1n) is 12.0. The van der Waals surface area contributed by atoms with Crippen molar-refractivity contribution in [2.75, 3.05) is 12.0 Å². The number of H-pyrrole nitrogens is 1. The van der Waals surface area contributed by atoms with E-state index >= 15 is 0 Å². The molecule has 0 bridgehead atoms. The van der Waals surface area contributed by atoms with Crippen molar-refractivity contribution >= 4 is 34.8 Å². The fourth-order valence-corrected chi connectivity index (χ4v) is 5.35. The molecule has 2 aromatic heterocycles. The highest BCUT2D eigenvalue weighted by Crippen LogP contribution is 2.49. The van der Waals surface area contributed by atoms with Crippen LogP contribution in [-0.4, -0.2) is 28.0 Å². The molecule has 2 aromatic carbocycles. The van der Waals surface area contributed by atoms with Crippen LogP contribution in [0.4, 0.5) is 5.69 Å². The Hall–Kier alpha value is -3.86. The molecule has 0 saturated carbocycles. The second-order valence-corrected chi connectivity index (χ2v) is 10.7. The number of hydrogen-bond acceptors (Lipinski definition) is 5. The number of benzene rings is 2. The van der Waals surface area contributed by atoms with E-state index in [9.17, 15) is 4.79 Å². The number of methoxy groups -OCH3 is 1. The zero-order valence-corrected chi connectivity index (χ0v) is 22.9. The number of nitriles is 1. The summed E-state index contributed by atoms with van der Waals surface area (Å²) in [5.41, 5.74) is 4.31. The van der Waals surface area contributed by atoms with Crippen LogP contribution in [0.5, 0.6) is 5.75 Å². The molecule has 4 aromatic rings. The molecule has 1 N–H and O–H groups in total. The Morgan fingerprint density at radius 3 is 2.53 bits per heavy atom. The third kappa shape index (κ3) is 4.30. The SMILES string of the molecule is COc1cnc(CC#N)cc1-c1nc2c([nH]1)C(C(C)(C)c1ccc(Cl)cc1)N(c1cc(Cl)ccc1C)C2=O. The summed E-state index contributed by atoms with van der Waals surface area (Å²) in [7, 11) is 1.54. The van der Waals surface area contributed by atoms with Crippen molar-refractivity contribution in [1.82, 2.24) is 15.0 Å². The summed E-state index contributed by atoms with van der Waals surface area (Å²) in [6, 6.07) is 16.6. The van der Waals surface area contributed by atoms with Crippen LogP contribution in [0.25, 0.3) is 11.4 Å². The molecule has 1 unspecified atom stereocenters. The zero-order chi connectivity index (χ0) is 27.2. The van der Waals surface area contributed by atoms with Gasteiger partial charge in [-0.2, -0.15) is 5.26 Å². The first kappa shape index (κ1) is 25.8. The summed E-state index contributed by atoms with van der Waals surface area (Å²) in [5, 5.41) is 10.3. The van der Waals surface area contributed by atoms with E-state index in [4.69, 9.17) is 38.2 Å². The van der Waals surface area contributed by atoms with Crippen LogP contribution >= 0.6 is 23.2 Å². The molecule has 1 atom stereocenters. The largest absolute Gasteiger partial charge is 0.494 e. The van der Waals surface area contributed by atoms with Crippen LogP contribution in [-0.2, 0) is 11.8 Å². The number of nitrogens with zero attached hydrogens (tertiary/aromatic N) is 4. The highest BCUT2D eigenvalue weighted by molar-refractivity contribution is 6.31. The molecule has 1 aliphatic heterocycles. The topological polar surface area (TPSA) is 94.9 Å². The number of pyridine rings is 1. The normalized spacial score (nSPS) is 14.9. The zero-order valence-electron chi connectivity index (χ0n) is 21.3. The van der Waals surface area contributed by atoms with Crippen LogP contribution in [0.15, 0.2) is 54.7 Å². The van der Waals surface area contributed by atoms with Crippen LogP contribution < -0.4 is 9.64 Å². The van der Waals surface area contributed by atoms with Crippen LogP contribution in [0.1, 0.15) is 52.9 Å². The minimum absolute atomic E-state index is 0.143. The van der Waals surface area contributed by atoms with Crippen LogP contribution in [0.2, 0.25) is 10.0 Å². The van der Waals surface area contributed by atoms with Gasteiger partial charge in [-0.15, -0.1) is 0 Å². The molecule has 38 heavy (non-hydrogen) atoms. The number of hydrogen-bond donors (Lipinski definition) is 1. The predicted octanol–water partition coefficient (Wildman–Crippen LogP) is 6.84. The Labute approximate surface area is 231 Å². The summed E-state index contributed by atoms with van der Waals surface area (Å²) in [4.78, 5) is 28.3. The summed E-state index contributed by atoms with van der Waals surface area (Å²) in [6.45, 7) is 6.14. The number of rotatable bonds is 6. The molecule has 0 saturated heterocycles. The van der Waals surface area contributed by atoms with Gasteiger partial charge in [0.05, 0.1) is 48.8 Å². The fourth-order valence-electron chi connectivity index (χ4n) is 5.06. The smallest absolute Gasteiger partial charge is 0.279 e. The number of carbonyl (C=O) groups excluding carboxylic acids is 1. The lowest BCUT2D eigenvalue weighted by atomic mass is 9.76. The third-order valence-electron chi connectivity index (χ3n) is 7.05. The van der Waals surface area contributed by atoms with Crippen molar-refractivity contribution in [2.24, 2.45) is 0 Å². The van der Waals surface area contributed by atoms with E-state index in [1.165, 1.54) is 0 Å². The summed E-state index contributed by atoms with van der Waals surface area (Å²) >= 11 is 12.6. The standard InChI is InChI=1S/C29H25Cl2N5O2/c1-16-5-8-19(31)13-22(16)36-26(29(2,3)17-6-9-18(30)10-7-17)24-25(28(36)37)35-27(34-24)21-14-20(11-12-32)33-15-23(21)38-4/h5-10,13-15,26H,11H2,1-4H3,(H,34,35). The minimum atomic E-state index is -0.557. The third-order valence-corrected chi connectivity index (χ3v) is 7.53. The van der Waals surface area contributed by atoms with Gasteiger partial charge in [-0.1, -0.05) is 55.2 Å². The van der Waals surface area contributed by atoms with Crippen molar-refractivity contribution in [2.45, 2.75) is 38.6 Å². The van der Waals surface area contributed by atoms with E-state index in [0.717, 1.165) is 16.8 Å². The van der Waals surface area contributed by atoms with Gasteiger partial charge in [0.1, 0.15) is 11.6 Å². The molecule has 0 aliphatic carbocycles. The Morgan fingerprint density at radius 1 is 1.13 bits per heavy atom. The van der Waals surface area contributed by atoms with Crippen molar-refractivity contribution in [3.05, 3.63) is 93.0 Å². The van der Waals surface area contributed by atoms with Gasteiger partial charge in [0, 0.05) is 21.1 Å². The van der Waals surface area contributed by atoms with E-state index < -0.39 is 11.5 Å². The van der Waals surface area contributed by atoms with E-state index in [-0.39, 0.29) is 12.3 Å². The Bertz CT molecular complexity index is 1590. The quantitative estimate of drug-likeness (QED) is 0.286. The molecular weight excluding hydrogens is 521 g/mol. The second-order valence-electron chi connectivity index (χ2n) is 9.80. The molecule has 7 nitrogen and oxygen atoms in total. The summed E-state index contributed by atoms with van der Waals surface area (Å²) < 4.78 is 5.53. The first-order chi connectivity index (χ1) is 18.1. The fraction of sp³-hybridized carbons (Fsp3) is 0.241. The average molecular weight is 546 g/mol. The summed E-state index contributed by atoms with van der Waals surface area (Å²) in [5.74, 6) is 0.731. The van der Waals surface area contributed by atoms with Gasteiger partial charge in [0.15, 0.2) is 5.69 Å². The molecule has 5 rings (SSSR count). The highest BCUT2D eigenvalue weighted by Gasteiger charge is 2.49. The second kappa shape index (κ2) is 9.79. The monoisotopic (exact) mass is 545 g/mol. The highest BCUT2D eigenvalue weighted by atomic mass is 35.5. The minimum Gasteiger partial charge on any atom is -0.494 e. The lowest BCUT2D eigenvalue weighted by Crippen LogP contribution is -2.40. The number of amides is 1. The number of ether oxygens (including phenoxy) is 1. The maximum atomic E-state index is 14.1. The van der Waals surface area contributed by atoms with E-state index in [0.29, 0.717) is 44.3 Å². The van der Waals surface area contributed by atoms with Gasteiger partial charge in [-0.3, -0.25) is 14.7 Å². The first-order valence-corrected chi connectivity index (χ1v) is 12.8. The van der Waals surface area contributed by atoms with Crippen molar-refractivity contribution in [3.8, 4) is 23.2 Å². The van der Waals surface area contributed by atoms with Crippen LogP contribution in [0.3, 0.4) is 0 Å². The lowest BCUT2D eigenvalue weighted by Gasteiger charge is -2.39. The molecule has 1 amide bonds. The number of imidazole rings is 1. The number of halogens is 2. The van der Waals surface area contributed by atoms with Crippen LogP contribution in [0, 0.1) is 18.3 Å². The molecule has 0 spiro atoms. The number of anilines is 1. The molecule has 192 valence electrons. The molecule has 3 heterocycles. The van der Waals surface area contributed by atoms with Gasteiger partial charge < -0.3 is 9.72 Å². The van der Waals surface area contributed by atoms with E-state index in [1.54, 1.807) is 24.3 Å². The number of aromatic amines is 1. The van der Waals surface area contributed by atoms with Crippen molar-refractivity contribution < 1.29 is 9.53 Å². The molecular formula is C29H25Cl2N5O2. The van der Waals surface area contributed by atoms with Crippen molar-refractivity contribution in [1.29, 1.82) is 5.26 Å².